The predicted molar refractivity (Wildman–Crippen MR) is 140 cm³/mol. The third-order valence-electron chi connectivity index (χ3n) is 7.22. The van der Waals surface area contributed by atoms with Gasteiger partial charge >= 0.3 is 0 Å². The molecule has 0 bridgehead atoms. The number of fused-ring (bicyclic) bond motifs is 1. The average molecular weight is 482 g/mol. The summed E-state index contributed by atoms with van der Waals surface area (Å²) in [5.41, 5.74) is 4.54. The number of amides is 2. The average Bonchev–Trinajstić information content (AvgIpc) is 3.22. The van der Waals surface area contributed by atoms with Gasteiger partial charge in [-0.25, -0.2) is 0 Å². The zero-order valence-electron chi connectivity index (χ0n) is 20.4. The lowest BCUT2D eigenvalue weighted by molar-refractivity contribution is -0.121. The smallest absolute Gasteiger partial charge is 0.239 e. The van der Waals surface area contributed by atoms with Crippen LogP contribution in [0, 0.1) is 17.2 Å². The molecular formula is C29H31N5O2. The topological polar surface area (TPSA) is 90.2 Å². The Morgan fingerprint density at radius 3 is 2.28 bits per heavy atom. The monoisotopic (exact) mass is 481 g/mol. The number of para-hydroxylation sites is 2. The van der Waals surface area contributed by atoms with Crippen molar-refractivity contribution >= 4 is 23.3 Å². The number of carbonyl (C=O) groups excluding carboxylic acids is 2. The lowest BCUT2D eigenvalue weighted by Crippen LogP contribution is -2.42. The van der Waals surface area contributed by atoms with Crippen molar-refractivity contribution in [3.8, 4) is 11.8 Å². The van der Waals surface area contributed by atoms with Crippen LogP contribution in [-0.2, 0) is 22.4 Å². The first kappa shape index (κ1) is 23.8. The molecule has 2 N–H and O–H groups in total. The maximum absolute atomic E-state index is 13.1. The van der Waals surface area contributed by atoms with Crippen LogP contribution in [0.1, 0.15) is 42.5 Å². The molecule has 0 spiro atoms. The van der Waals surface area contributed by atoms with E-state index in [9.17, 15) is 14.9 Å². The minimum Gasteiger partial charge on any atom is -0.326 e. The maximum Gasteiger partial charge on any atom is 0.239 e. The highest BCUT2D eigenvalue weighted by Gasteiger charge is 2.29. The first-order valence-electron chi connectivity index (χ1n) is 12.7. The SMILES string of the molecule is N#Cc1c2c(n(-c3ccccc3)c1NC(=O)CN1CCC(C(=O)Nc3ccccc3)CC1)CCCC2. The Labute approximate surface area is 211 Å². The number of anilines is 2. The number of rotatable bonds is 6. The van der Waals surface area contributed by atoms with E-state index in [0.29, 0.717) is 37.3 Å². The molecule has 7 nitrogen and oxygen atoms in total. The summed E-state index contributed by atoms with van der Waals surface area (Å²) in [7, 11) is 0. The molecule has 2 amide bonds. The number of nitrogens with zero attached hydrogens (tertiary/aromatic N) is 3. The molecule has 1 fully saturated rings. The van der Waals surface area contributed by atoms with E-state index in [2.05, 4.69) is 26.2 Å². The zero-order valence-corrected chi connectivity index (χ0v) is 20.4. The first-order valence-corrected chi connectivity index (χ1v) is 12.7. The standard InChI is InChI=1S/C29H31N5O2/c30-19-25-24-13-7-8-14-26(24)34(23-11-5-2-6-12-23)28(25)32-27(35)20-33-17-15-21(16-18-33)29(36)31-22-9-3-1-4-10-22/h1-6,9-12,21H,7-8,13-18,20H2,(H,31,36)(H,32,35). The van der Waals surface area contributed by atoms with Crippen LogP contribution < -0.4 is 10.6 Å². The molecule has 1 aliphatic heterocycles. The van der Waals surface area contributed by atoms with E-state index in [1.54, 1.807) is 0 Å². The summed E-state index contributed by atoms with van der Waals surface area (Å²) < 4.78 is 2.06. The van der Waals surface area contributed by atoms with Crippen molar-refractivity contribution in [2.75, 3.05) is 30.3 Å². The van der Waals surface area contributed by atoms with Gasteiger partial charge in [-0.15, -0.1) is 0 Å². The van der Waals surface area contributed by atoms with Crippen molar-refractivity contribution in [2.45, 2.75) is 38.5 Å². The lowest BCUT2D eigenvalue weighted by Gasteiger charge is -2.30. The van der Waals surface area contributed by atoms with Crippen molar-refractivity contribution in [3.63, 3.8) is 0 Å². The molecule has 3 aromatic rings. The fraction of sp³-hybridized carbons (Fsp3) is 0.345. The Morgan fingerprint density at radius 1 is 0.917 bits per heavy atom. The number of benzene rings is 2. The van der Waals surface area contributed by atoms with Gasteiger partial charge in [0, 0.05) is 23.0 Å². The minimum absolute atomic E-state index is 0.0373. The number of hydrogen-bond donors (Lipinski definition) is 2. The molecule has 1 aromatic heterocycles. The number of piperidine rings is 1. The Bertz CT molecular complexity index is 1270. The van der Waals surface area contributed by atoms with Gasteiger partial charge in [0.1, 0.15) is 11.9 Å². The van der Waals surface area contributed by atoms with Gasteiger partial charge in [-0.3, -0.25) is 19.1 Å². The van der Waals surface area contributed by atoms with Gasteiger partial charge in [-0.05, 0) is 81.4 Å². The second kappa shape index (κ2) is 10.8. The molecule has 0 saturated carbocycles. The van der Waals surface area contributed by atoms with Crippen molar-refractivity contribution < 1.29 is 9.59 Å². The van der Waals surface area contributed by atoms with Crippen LogP contribution in [0.2, 0.25) is 0 Å². The number of likely N-dealkylation sites (tertiary alicyclic amines) is 1. The first-order chi connectivity index (χ1) is 17.6. The Balaban J connectivity index is 1.25. The van der Waals surface area contributed by atoms with Crippen LogP contribution in [-0.4, -0.2) is 40.9 Å². The highest BCUT2D eigenvalue weighted by Crippen LogP contribution is 2.35. The van der Waals surface area contributed by atoms with Crippen molar-refractivity contribution in [2.24, 2.45) is 5.92 Å². The normalized spacial score (nSPS) is 16.1. The van der Waals surface area contributed by atoms with Crippen LogP contribution in [0.25, 0.3) is 5.69 Å². The second-order valence-corrected chi connectivity index (χ2v) is 9.59. The predicted octanol–water partition coefficient (Wildman–Crippen LogP) is 4.52. The van der Waals surface area contributed by atoms with Gasteiger partial charge < -0.3 is 10.6 Å². The van der Waals surface area contributed by atoms with Gasteiger partial charge in [-0.1, -0.05) is 36.4 Å². The number of aromatic nitrogens is 1. The summed E-state index contributed by atoms with van der Waals surface area (Å²) >= 11 is 0. The Morgan fingerprint density at radius 2 is 1.58 bits per heavy atom. The number of nitrogens with one attached hydrogen (secondary N) is 2. The molecule has 0 radical (unpaired) electrons. The van der Waals surface area contributed by atoms with E-state index in [1.807, 2.05) is 60.7 Å². The van der Waals surface area contributed by atoms with Crippen LogP contribution >= 0.6 is 0 Å². The molecule has 5 rings (SSSR count). The fourth-order valence-electron chi connectivity index (χ4n) is 5.39. The van der Waals surface area contributed by atoms with E-state index in [1.165, 1.54) is 0 Å². The minimum atomic E-state index is -0.134. The quantitative estimate of drug-likeness (QED) is 0.542. The van der Waals surface area contributed by atoms with Crippen LogP contribution in [0.15, 0.2) is 60.7 Å². The molecule has 0 atom stereocenters. The fourth-order valence-corrected chi connectivity index (χ4v) is 5.39. The van der Waals surface area contributed by atoms with Crippen molar-refractivity contribution in [3.05, 3.63) is 77.5 Å². The molecule has 1 saturated heterocycles. The number of carbonyl (C=O) groups is 2. The van der Waals surface area contributed by atoms with Crippen molar-refractivity contribution in [1.82, 2.24) is 9.47 Å². The highest BCUT2D eigenvalue weighted by atomic mass is 16.2. The molecule has 36 heavy (non-hydrogen) atoms. The van der Waals surface area contributed by atoms with Gasteiger partial charge in [0.05, 0.1) is 12.1 Å². The zero-order chi connectivity index (χ0) is 24.9. The van der Waals surface area contributed by atoms with E-state index in [4.69, 9.17) is 0 Å². The summed E-state index contributed by atoms with van der Waals surface area (Å²) in [4.78, 5) is 27.9. The van der Waals surface area contributed by atoms with Gasteiger partial charge in [0.15, 0.2) is 0 Å². The molecule has 2 heterocycles. The van der Waals surface area contributed by atoms with E-state index in [0.717, 1.165) is 48.3 Å². The lowest BCUT2D eigenvalue weighted by atomic mass is 9.95. The molecule has 1 aliphatic carbocycles. The van der Waals surface area contributed by atoms with E-state index >= 15 is 0 Å². The summed E-state index contributed by atoms with van der Waals surface area (Å²) in [6.45, 7) is 1.60. The van der Waals surface area contributed by atoms with Gasteiger partial charge in [0.2, 0.25) is 11.8 Å². The molecule has 184 valence electrons. The Hall–Kier alpha value is -3.89. The summed E-state index contributed by atoms with van der Waals surface area (Å²) in [5, 5.41) is 16.1. The Kier molecular flexibility index (Phi) is 7.15. The molecule has 0 unspecified atom stereocenters. The molecular weight excluding hydrogens is 450 g/mol. The van der Waals surface area contributed by atoms with E-state index in [-0.39, 0.29) is 24.3 Å². The van der Waals surface area contributed by atoms with Crippen LogP contribution in [0.5, 0.6) is 0 Å². The molecule has 2 aromatic carbocycles. The summed E-state index contributed by atoms with van der Waals surface area (Å²) in [6, 6.07) is 21.8. The van der Waals surface area contributed by atoms with Crippen LogP contribution in [0.4, 0.5) is 11.5 Å². The number of hydrogen-bond acceptors (Lipinski definition) is 4. The third-order valence-corrected chi connectivity index (χ3v) is 7.22. The molecule has 2 aliphatic rings. The molecule has 7 heteroatoms. The third kappa shape index (κ3) is 5.05. The van der Waals surface area contributed by atoms with Gasteiger partial charge in [0.25, 0.3) is 0 Å². The summed E-state index contributed by atoms with van der Waals surface area (Å²) in [6.07, 6.45) is 5.32. The van der Waals surface area contributed by atoms with Crippen LogP contribution in [0.3, 0.4) is 0 Å². The van der Waals surface area contributed by atoms with E-state index < -0.39 is 0 Å². The van der Waals surface area contributed by atoms with Crippen molar-refractivity contribution in [1.29, 1.82) is 5.26 Å². The largest absolute Gasteiger partial charge is 0.326 e. The van der Waals surface area contributed by atoms with Gasteiger partial charge in [-0.2, -0.15) is 5.26 Å². The number of nitriles is 1. The maximum atomic E-state index is 13.1. The summed E-state index contributed by atoms with van der Waals surface area (Å²) in [5.74, 6) is 0.426. The highest BCUT2D eigenvalue weighted by molar-refractivity contribution is 5.94. The second-order valence-electron chi connectivity index (χ2n) is 9.59.